The second-order valence-corrected chi connectivity index (χ2v) is 9.42. The van der Waals surface area contributed by atoms with Crippen LogP contribution >= 0.6 is 11.8 Å². The molecule has 0 aliphatic carbocycles. The van der Waals surface area contributed by atoms with Gasteiger partial charge in [-0.15, -0.1) is 11.8 Å². The SMILES string of the molecule is COc1ccc(NC(=O)CSc2cn(CCNC(=O)c3cc(C)cc(C)c3)c3ccccc23)cc1. The van der Waals surface area contributed by atoms with E-state index in [0.717, 1.165) is 38.4 Å². The second kappa shape index (κ2) is 11.1. The largest absolute Gasteiger partial charge is 0.497 e. The van der Waals surface area contributed by atoms with E-state index in [1.54, 1.807) is 7.11 Å². The zero-order valence-corrected chi connectivity index (χ0v) is 20.9. The summed E-state index contributed by atoms with van der Waals surface area (Å²) < 4.78 is 7.28. The summed E-state index contributed by atoms with van der Waals surface area (Å²) in [5.74, 6) is 0.898. The van der Waals surface area contributed by atoms with Gasteiger partial charge in [0, 0.05) is 46.3 Å². The van der Waals surface area contributed by atoms with Crippen molar-refractivity contribution in [3.8, 4) is 5.75 Å². The zero-order chi connectivity index (χ0) is 24.8. The van der Waals surface area contributed by atoms with Crippen molar-refractivity contribution < 1.29 is 14.3 Å². The van der Waals surface area contributed by atoms with E-state index in [2.05, 4.69) is 39.6 Å². The molecule has 0 bridgehead atoms. The van der Waals surface area contributed by atoms with Crippen molar-refractivity contribution in [2.45, 2.75) is 25.3 Å². The number of carbonyl (C=O) groups excluding carboxylic acids is 2. The lowest BCUT2D eigenvalue weighted by atomic mass is 10.1. The molecule has 3 aromatic carbocycles. The number of fused-ring (bicyclic) bond motifs is 1. The number of anilines is 1. The molecule has 0 unspecified atom stereocenters. The Morgan fingerprint density at radius 3 is 2.40 bits per heavy atom. The first-order valence-electron chi connectivity index (χ1n) is 11.4. The Morgan fingerprint density at radius 1 is 0.971 bits per heavy atom. The maximum atomic E-state index is 12.6. The van der Waals surface area contributed by atoms with Crippen LogP contribution < -0.4 is 15.4 Å². The number of nitrogens with zero attached hydrogens (tertiary/aromatic N) is 1. The Morgan fingerprint density at radius 2 is 1.69 bits per heavy atom. The monoisotopic (exact) mass is 487 g/mol. The molecule has 0 fully saturated rings. The van der Waals surface area contributed by atoms with E-state index in [1.807, 2.05) is 62.4 Å². The average molecular weight is 488 g/mol. The lowest BCUT2D eigenvalue weighted by Crippen LogP contribution is -2.27. The number of hydrogen-bond donors (Lipinski definition) is 2. The summed E-state index contributed by atoms with van der Waals surface area (Å²) in [7, 11) is 1.61. The van der Waals surface area contributed by atoms with Gasteiger partial charge in [0.05, 0.1) is 12.9 Å². The highest BCUT2D eigenvalue weighted by Gasteiger charge is 2.12. The lowest BCUT2D eigenvalue weighted by molar-refractivity contribution is -0.113. The number of para-hydroxylation sites is 1. The van der Waals surface area contributed by atoms with E-state index in [1.165, 1.54) is 11.8 Å². The zero-order valence-electron chi connectivity index (χ0n) is 20.1. The third kappa shape index (κ3) is 6.25. The summed E-state index contributed by atoms with van der Waals surface area (Å²) in [6, 6.07) is 21.2. The van der Waals surface area contributed by atoms with Gasteiger partial charge in [0.15, 0.2) is 0 Å². The van der Waals surface area contributed by atoms with Crippen molar-refractivity contribution in [2.75, 3.05) is 24.7 Å². The quantitative estimate of drug-likeness (QED) is 0.309. The molecule has 4 rings (SSSR count). The lowest BCUT2D eigenvalue weighted by Gasteiger charge is -2.09. The maximum absolute atomic E-state index is 12.6. The number of thioether (sulfide) groups is 1. The van der Waals surface area contributed by atoms with Crippen LogP contribution in [0.2, 0.25) is 0 Å². The molecule has 1 aromatic heterocycles. The van der Waals surface area contributed by atoms with Gasteiger partial charge in [-0.05, 0) is 56.3 Å². The second-order valence-electron chi connectivity index (χ2n) is 8.40. The molecule has 180 valence electrons. The normalized spacial score (nSPS) is 10.8. The van der Waals surface area contributed by atoms with Crippen LogP contribution in [-0.2, 0) is 11.3 Å². The predicted octanol–water partition coefficient (Wildman–Crippen LogP) is 5.43. The molecule has 0 radical (unpaired) electrons. The highest BCUT2D eigenvalue weighted by Crippen LogP contribution is 2.30. The van der Waals surface area contributed by atoms with Crippen LogP contribution in [-0.4, -0.2) is 35.8 Å². The molecule has 0 aliphatic rings. The Balaban J connectivity index is 1.37. The molecule has 4 aromatic rings. The third-order valence-electron chi connectivity index (χ3n) is 5.61. The van der Waals surface area contributed by atoms with E-state index in [0.29, 0.717) is 24.4 Å². The molecule has 2 amide bonds. The molecule has 7 heteroatoms. The smallest absolute Gasteiger partial charge is 0.251 e. The Labute approximate surface area is 209 Å². The van der Waals surface area contributed by atoms with Gasteiger partial charge in [0.25, 0.3) is 5.91 Å². The van der Waals surface area contributed by atoms with Gasteiger partial charge in [-0.2, -0.15) is 0 Å². The molecule has 35 heavy (non-hydrogen) atoms. The first-order chi connectivity index (χ1) is 16.9. The van der Waals surface area contributed by atoms with Crippen molar-refractivity contribution in [1.29, 1.82) is 0 Å². The highest BCUT2D eigenvalue weighted by atomic mass is 32.2. The highest BCUT2D eigenvalue weighted by molar-refractivity contribution is 8.00. The molecule has 0 atom stereocenters. The van der Waals surface area contributed by atoms with Crippen molar-refractivity contribution >= 4 is 40.2 Å². The minimum atomic E-state index is -0.0716. The number of benzene rings is 3. The molecule has 0 aliphatic heterocycles. The summed E-state index contributed by atoms with van der Waals surface area (Å²) >= 11 is 1.50. The standard InChI is InChI=1S/C28H29N3O3S/c1-19-14-20(2)16-21(15-19)28(33)29-12-13-31-17-26(24-6-4-5-7-25(24)31)35-18-27(32)30-22-8-10-23(34-3)11-9-22/h4-11,14-17H,12-13,18H2,1-3H3,(H,29,33)(H,30,32). The van der Waals surface area contributed by atoms with Gasteiger partial charge in [-0.25, -0.2) is 0 Å². The van der Waals surface area contributed by atoms with E-state index in [9.17, 15) is 9.59 Å². The number of aromatic nitrogens is 1. The molecule has 6 nitrogen and oxygen atoms in total. The van der Waals surface area contributed by atoms with Crippen LogP contribution in [0.1, 0.15) is 21.5 Å². The minimum absolute atomic E-state index is 0.0712. The summed E-state index contributed by atoms with van der Waals surface area (Å²) in [4.78, 5) is 26.1. The van der Waals surface area contributed by atoms with Crippen LogP contribution in [0.4, 0.5) is 5.69 Å². The van der Waals surface area contributed by atoms with E-state index in [-0.39, 0.29) is 11.8 Å². The summed E-state index contributed by atoms with van der Waals surface area (Å²) in [6.07, 6.45) is 2.05. The molecule has 1 heterocycles. The van der Waals surface area contributed by atoms with Gasteiger partial charge >= 0.3 is 0 Å². The van der Waals surface area contributed by atoms with Crippen LogP contribution in [0.15, 0.2) is 77.8 Å². The fraction of sp³-hybridized carbons (Fsp3) is 0.214. The van der Waals surface area contributed by atoms with E-state index >= 15 is 0 Å². The van der Waals surface area contributed by atoms with Gasteiger partial charge in [0.2, 0.25) is 5.91 Å². The average Bonchev–Trinajstić information content (AvgIpc) is 3.20. The molecule has 0 saturated heterocycles. The molecule has 0 spiro atoms. The number of methoxy groups -OCH3 is 1. The van der Waals surface area contributed by atoms with Crippen molar-refractivity contribution in [3.05, 3.63) is 89.6 Å². The predicted molar refractivity (Wildman–Crippen MR) is 143 cm³/mol. The summed E-state index contributed by atoms with van der Waals surface area (Å²) in [5, 5.41) is 7.03. The van der Waals surface area contributed by atoms with Crippen molar-refractivity contribution in [2.24, 2.45) is 0 Å². The number of rotatable bonds is 9. The first-order valence-corrected chi connectivity index (χ1v) is 12.4. The minimum Gasteiger partial charge on any atom is -0.497 e. The Kier molecular flexibility index (Phi) is 7.77. The van der Waals surface area contributed by atoms with E-state index < -0.39 is 0 Å². The van der Waals surface area contributed by atoms with Crippen molar-refractivity contribution in [3.63, 3.8) is 0 Å². The van der Waals surface area contributed by atoms with Crippen molar-refractivity contribution in [1.82, 2.24) is 9.88 Å². The number of nitrogens with one attached hydrogen (secondary N) is 2. The number of hydrogen-bond acceptors (Lipinski definition) is 4. The first kappa shape index (κ1) is 24.4. The fourth-order valence-corrected chi connectivity index (χ4v) is 4.91. The molecular weight excluding hydrogens is 458 g/mol. The topological polar surface area (TPSA) is 72.4 Å². The molecular formula is C28H29N3O3S. The van der Waals surface area contributed by atoms with Crippen LogP contribution in [0.5, 0.6) is 5.75 Å². The van der Waals surface area contributed by atoms with E-state index in [4.69, 9.17) is 4.74 Å². The van der Waals surface area contributed by atoms with Gasteiger partial charge in [0.1, 0.15) is 5.75 Å². The van der Waals surface area contributed by atoms with Crippen LogP contribution in [0.25, 0.3) is 10.9 Å². The Hall–Kier alpha value is -3.71. The maximum Gasteiger partial charge on any atom is 0.251 e. The third-order valence-corrected chi connectivity index (χ3v) is 6.65. The number of ether oxygens (including phenoxy) is 1. The molecule has 2 N–H and O–H groups in total. The summed E-state index contributed by atoms with van der Waals surface area (Å²) in [6.45, 7) is 5.13. The van der Waals surface area contributed by atoms with Crippen LogP contribution in [0, 0.1) is 13.8 Å². The number of amides is 2. The van der Waals surface area contributed by atoms with Gasteiger partial charge in [-0.3, -0.25) is 9.59 Å². The summed E-state index contributed by atoms with van der Waals surface area (Å²) in [5.41, 5.74) is 4.64. The van der Waals surface area contributed by atoms with Crippen LogP contribution in [0.3, 0.4) is 0 Å². The van der Waals surface area contributed by atoms with Gasteiger partial charge in [-0.1, -0.05) is 35.4 Å². The fourth-order valence-electron chi connectivity index (χ4n) is 4.03. The number of aryl methyl sites for hydroxylation is 2. The Bertz CT molecular complexity index is 1330. The number of carbonyl (C=O) groups is 2. The van der Waals surface area contributed by atoms with Gasteiger partial charge < -0.3 is 19.9 Å². The molecule has 0 saturated carbocycles.